The Morgan fingerprint density at radius 3 is 2.57 bits per heavy atom. The van der Waals surface area contributed by atoms with Crippen molar-refractivity contribution in [2.24, 2.45) is 0 Å². The Hall–Kier alpha value is -2.47. The van der Waals surface area contributed by atoms with Crippen LogP contribution in [0.15, 0.2) is 36.4 Å². The van der Waals surface area contributed by atoms with Gasteiger partial charge in [0.15, 0.2) is 5.82 Å². The lowest BCUT2D eigenvalue weighted by atomic mass is 9.84. The zero-order valence-electron chi connectivity index (χ0n) is 17.0. The molecular weight excluding hydrogens is 350 g/mol. The number of amides is 1. The molecule has 1 unspecified atom stereocenters. The zero-order chi connectivity index (χ0) is 19.7. The molecule has 6 heteroatoms. The van der Waals surface area contributed by atoms with Gasteiger partial charge in [-0.2, -0.15) is 0 Å². The van der Waals surface area contributed by atoms with Crippen molar-refractivity contribution in [3.05, 3.63) is 42.1 Å². The number of hydrogen-bond acceptors (Lipinski definition) is 5. The molecule has 0 aliphatic carbocycles. The molecule has 0 bridgehead atoms. The van der Waals surface area contributed by atoms with E-state index in [1.54, 1.807) is 6.92 Å². The first-order valence-electron chi connectivity index (χ1n) is 10.1. The molecule has 1 atom stereocenters. The summed E-state index contributed by atoms with van der Waals surface area (Å²) in [6.45, 7) is 6.52. The van der Waals surface area contributed by atoms with Crippen LogP contribution in [0.2, 0.25) is 0 Å². The number of nitrogens with zero attached hydrogens (tertiary/aromatic N) is 4. The largest absolute Gasteiger partial charge is 0.356 e. The second-order valence-corrected chi connectivity index (χ2v) is 8.25. The highest BCUT2D eigenvalue weighted by atomic mass is 16.1. The average molecular weight is 380 g/mol. The fourth-order valence-electron chi connectivity index (χ4n) is 4.76. The van der Waals surface area contributed by atoms with Crippen molar-refractivity contribution in [1.29, 1.82) is 0 Å². The van der Waals surface area contributed by atoms with Crippen molar-refractivity contribution in [2.45, 2.75) is 44.7 Å². The maximum atomic E-state index is 11.4. The van der Waals surface area contributed by atoms with Crippen LogP contribution in [0, 0.1) is 6.92 Å². The summed E-state index contributed by atoms with van der Waals surface area (Å²) in [4.78, 5) is 25.8. The van der Waals surface area contributed by atoms with Crippen LogP contribution in [0.3, 0.4) is 0 Å². The molecule has 2 fully saturated rings. The van der Waals surface area contributed by atoms with Crippen LogP contribution in [-0.4, -0.2) is 59.0 Å². The van der Waals surface area contributed by atoms with Crippen molar-refractivity contribution in [3.63, 3.8) is 0 Å². The first-order chi connectivity index (χ1) is 13.4. The van der Waals surface area contributed by atoms with Gasteiger partial charge in [0.1, 0.15) is 5.82 Å². The molecule has 0 saturated carbocycles. The Morgan fingerprint density at radius 2 is 1.89 bits per heavy atom. The second-order valence-electron chi connectivity index (χ2n) is 8.25. The summed E-state index contributed by atoms with van der Waals surface area (Å²) in [5, 5.41) is 3.10. The van der Waals surface area contributed by atoms with E-state index in [2.05, 4.69) is 45.3 Å². The quantitative estimate of drug-likeness (QED) is 0.888. The molecule has 1 spiro atoms. The molecule has 1 amide bonds. The predicted octanol–water partition coefficient (Wildman–Crippen LogP) is 2.63. The average Bonchev–Trinajstić information content (AvgIpc) is 2.96. The molecule has 2 aliphatic heterocycles. The van der Waals surface area contributed by atoms with Crippen LogP contribution in [-0.2, 0) is 4.79 Å². The Kier molecular flexibility index (Phi) is 5.06. The van der Waals surface area contributed by atoms with Gasteiger partial charge in [0.2, 0.25) is 5.91 Å². The van der Waals surface area contributed by atoms with Gasteiger partial charge in [-0.25, -0.2) is 9.97 Å². The van der Waals surface area contributed by atoms with Gasteiger partial charge in [-0.3, -0.25) is 9.69 Å². The Bertz CT molecular complexity index is 845. The van der Waals surface area contributed by atoms with Crippen LogP contribution in [0.4, 0.5) is 5.82 Å². The van der Waals surface area contributed by atoms with E-state index >= 15 is 0 Å². The monoisotopic (exact) mass is 379 g/mol. The highest BCUT2D eigenvalue weighted by molar-refractivity contribution is 5.73. The SMILES string of the molecule is CC(=O)NC1CN(C)C2(CCN(c3cc(C)nc(-c4ccccc4)n3)CC2)C1. The first kappa shape index (κ1) is 18.9. The van der Waals surface area contributed by atoms with Crippen LogP contribution >= 0.6 is 0 Å². The van der Waals surface area contributed by atoms with Gasteiger partial charge in [0, 0.05) is 55.5 Å². The number of likely N-dealkylation sites (N-methyl/N-ethyl adjacent to an activating group) is 1. The summed E-state index contributed by atoms with van der Waals surface area (Å²) >= 11 is 0. The number of carbonyl (C=O) groups is 1. The van der Waals surface area contributed by atoms with E-state index < -0.39 is 0 Å². The molecule has 2 aliphatic rings. The molecule has 3 heterocycles. The van der Waals surface area contributed by atoms with E-state index in [-0.39, 0.29) is 17.5 Å². The molecule has 148 valence electrons. The number of rotatable bonds is 3. The number of aryl methyl sites for hydroxylation is 1. The third-order valence-corrected chi connectivity index (χ3v) is 6.23. The Balaban J connectivity index is 1.49. The minimum Gasteiger partial charge on any atom is -0.356 e. The fraction of sp³-hybridized carbons (Fsp3) is 0.500. The molecule has 1 aromatic heterocycles. The number of carbonyl (C=O) groups excluding carboxylic acids is 1. The van der Waals surface area contributed by atoms with Gasteiger partial charge in [0.25, 0.3) is 0 Å². The topological polar surface area (TPSA) is 61.4 Å². The van der Waals surface area contributed by atoms with Crippen LogP contribution in [0.1, 0.15) is 31.9 Å². The molecule has 1 N–H and O–H groups in total. The minimum absolute atomic E-state index is 0.0674. The maximum absolute atomic E-state index is 11.4. The number of hydrogen-bond donors (Lipinski definition) is 1. The van der Waals surface area contributed by atoms with E-state index in [1.165, 1.54) is 0 Å². The zero-order valence-corrected chi connectivity index (χ0v) is 17.0. The lowest BCUT2D eigenvalue weighted by Crippen LogP contribution is -2.51. The maximum Gasteiger partial charge on any atom is 0.217 e. The first-order valence-corrected chi connectivity index (χ1v) is 10.1. The van der Waals surface area contributed by atoms with Gasteiger partial charge in [-0.05, 0) is 33.2 Å². The predicted molar refractivity (Wildman–Crippen MR) is 111 cm³/mol. The summed E-state index contributed by atoms with van der Waals surface area (Å²) in [6, 6.07) is 12.5. The molecule has 6 nitrogen and oxygen atoms in total. The van der Waals surface area contributed by atoms with Gasteiger partial charge < -0.3 is 10.2 Å². The molecule has 1 aromatic carbocycles. The van der Waals surface area contributed by atoms with Crippen molar-refractivity contribution >= 4 is 11.7 Å². The highest BCUT2D eigenvalue weighted by Crippen LogP contribution is 2.38. The Morgan fingerprint density at radius 1 is 1.18 bits per heavy atom. The van der Waals surface area contributed by atoms with E-state index in [1.807, 2.05) is 25.1 Å². The summed E-state index contributed by atoms with van der Waals surface area (Å²) in [5.74, 6) is 1.87. The Labute approximate surface area is 167 Å². The van der Waals surface area contributed by atoms with E-state index in [9.17, 15) is 4.79 Å². The van der Waals surface area contributed by atoms with E-state index in [0.29, 0.717) is 0 Å². The van der Waals surface area contributed by atoms with Gasteiger partial charge >= 0.3 is 0 Å². The van der Waals surface area contributed by atoms with E-state index in [4.69, 9.17) is 4.98 Å². The van der Waals surface area contributed by atoms with Crippen LogP contribution in [0.5, 0.6) is 0 Å². The van der Waals surface area contributed by atoms with Crippen LogP contribution in [0.25, 0.3) is 11.4 Å². The molecule has 0 radical (unpaired) electrons. The minimum atomic E-state index is 0.0674. The number of nitrogens with one attached hydrogen (secondary N) is 1. The summed E-state index contributed by atoms with van der Waals surface area (Å²) in [6.07, 6.45) is 3.21. The van der Waals surface area contributed by atoms with Gasteiger partial charge in [0.05, 0.1) is 0 Å². The third kappa shape index (κ3) is 3.74. The number of aromatic nitrogens is 2. The van der Waals surface area contributed by atoms with Crippen molar-refractivity contribution in [2.75, 3.05) is 31.6 Å². The number of piperidine rings is 1. The fourth-order valence-corrected chi connectivity index (χ4v) is 4.76. The second kappa shape index (κ2) is 7.51. The summed E-state index contributed by atoms with van der Waals surface area (Å²) in [5.41, 5.74) is 2.23. The smallest absolute Gasteiger partial charge is 0.217 e. The van der Waals surface area contributed by atoms with E-state index in [0.717, 1.165) is 61.8 Å². The van der Waals surface area contributed by atoms with Crippen molar-refractivity contribution in [1.82, 2.24) is 20.2 Å². The summed E-state index contributed by atoms with van der Waals surface area (Å²) in [7, 11) is 2.19. The normalized spacial score (nSPS) is 21.8. The van der Waals surface area contributed by atoms with Crippen molar-refractivity contribution in [3.8, 4) is 11.4 Å². The van der Waals surface area contributed by atoms with Gasteiger partial charge in [-0.1, -0.05) is 30.3 Å². The molecule has 4 rings (SSSR count). The van der Waals surface area contributed by atoms with Crippen LogP contribution < -0.4 is 10.2 Å². The molecule has 2 aromatic rings. The molecule has 2 saturated heterocycles. The highest BCUT2D eigenvalue weighted by Gasteiger charge is 2.45. The standard InChI is InChI=1S/C22H29N5O/c1-16-13-20(25-21(23-16)18-7-5-4-6-8-18)27-11-9-22(10-12-27)14-19(15-26(22)3)24-17(2)28/h4-8,13,19H,9-12,14-15H2,1-3H3,(H,24,28). The number of likely N-dealkylation sites (tertiary alicyclic amines) is 1. The number of benzene rings is 1. The lowest BCUT2D eigenvalue weighted by molar-refractivity contribution is -0.119. The lowest BCUT2D eigenvalue weighted by Gasteiger charge is -2.44. The van der Waals surface area contributed by atoms with Crippen molar-refractivity contribution < 1.29 is 4.79 Å². The summed E-state index contributed by atoms with van der Waals surface area (Å²) < 4.78 is 0. The van der Waals surface area contributed by atoms with Gasteiger partial charge in [-0.15, -0.1) is 0 Å². The molecular formula is C22H29N5O. The third-order valence-electron chi connectivity index (χ3n) is 6.23. The molecule has 28 heavy (non-hydrogen) atoms. The number of anilines is 1.